The Morgan fingerprint density at radius 2 is 1.85 bits per heavy atom. The fraction of sp³-hybridized carbons (Fsp3) is 0.211. The second-order valence-electron chi connectivity index (χ2n) is 6.21. The molecule has 2 heterocycles. The van der Waals surface area contributed by atoms with Crippen molar-refractivity contribution in [2.24, 2.45) is 7.05 Å². The molecule has 26 heavy (non-hydrogen) atoms. The number of aromatic nitrogens is 4. The minimum Gasteiger partial charge on any atom is -0.342 e. The van der Waals surface area contributed by atoms with Gasteiger partial charge < -0.3 is 9.47 Å². The third-order valence-electron chi connectivity index (χ3n) is 4.31. The van der Waals surface area contributed by atoms with Crippen molar-refractivity contribution in [1.29, 1.82) is 0 Å². The maximum Gasteiger partial charge on any atom is 0.208 e. The predicted octanol–water partition coefficient (Wildman–Crippen LogP) is 4.31. The number of nitrogens with zero attached hydrogens (tertiary/aromatic N) is 5. The molecule has 0 aliphatic heterocycles. The first-order chi connectivity index (χ1) is 12.6. The van der Waals surface area contributed by atoms with Crippen molar-refractivity contribution in [1.82, 2.24) is 19.7 Å². The zero-order chi connectivity index (χ0) is 18.1. The largest absolute Gasteiger partial charge is 0.342 e. The number of benzene rings is 2. The summed E-state index contributed by atoms with van der Waals surface area (Å²) in [6.45, 7) is 0.681. The lowest BCUT2D eigenvalue weighted by Gasteiger charge is -2.14. The van der Waals surface area contributed by atoms with Gasteiger partial charge >= 0.3 is 0 Å². The second kappa shape index (κ2) is 7.05. The Morgan fingerprint density at radius 3 is 2.62 bits per heavy atom. The van der Waals surface area contributed by atoms with E-state index < -0.39 is 0 Å². The van der Waals surface area contributed by atoms with E-state index in [0.717, 1.165) is 38.4 Å². The van der Waals surface area contributed by atoms with Gasteiger partial charge in [-0.25, -0.2) is 4.98 Å². The summed E-state index contributed by atoms with van der Waals surface area (Å²) < 4.78 is 2.13. The van der Waals surface area contributed by atoms with Crippen molar-refractivity contribution in [3.05, 3.63) is 69.9 Å². The smallest absolute Gasteiger partial charge is 0.208 e. The molecule has 2 aromatic carbocycles. The van der Waals surface area contributed by atoms with E-state index in [1.807, 2.05) is 56.6 Å². The molecule has 4 aromatic rings. The Kier molecular flexibility index (Phi) is 4.61. The number of imidazole rings is 1. The highest BCUT2D eigenvalue weighted by atomic mass is 35.5. The highest BCUT2D eigenvalue weighted by Crippen LogP contribution is 2.24. The Morgan fingerprint density at radius 1 is 1.08 bits per heavy atom. The van der Waals surface area contributed by atoms with Crippen LogP contribution in [0.4, 0.5) is 5.13 Å². The highest BCUT2D eigenvalue weighted by Gasteiger charge is 2.14. The van der Waals surface area contributed by atoms with Crippen LogP contribution in [0.25, 0.3) is 11.0 Å². The molecule has 0 radical (unpaired) electrons. The quantitative estimate of drug-likeness (QED) is 0.515. The average Bonchev–Trinajstić information content (AvgIpc) is 3.23. The number of aryl methyl sites for hydroxylation is 1. The summed E-state index contributed by atoms with van der Waals surface area (Å²) in [7, 11) is 4.07. The number of rotatable bonds is 5. The number of hydrogen-bond donors (Lipinski definition) is 0. The Balaban J connectivity index is 1.49. The van der Waals surface area contributed by atoms with Gasteiger partial charge in [-0.3, -0.25) is 0 Å². The van der Waals surface area contributed by atoms with Gasteiger partial charge in [0.2, 0.25) is 5.13 Å². The lowest BCUT2D eigenvalue weighted by Crippen LogP contribution is -2.18. The van der Waals surface area contributed by atoms with Crippen LogP contribution < -0.4 is 4.90 Å². The molecule has 0 fully saturated rings. The minimum atomic E-state index is 0.681. The number of hydrogen-bond acceptors (Lipinski definition) is 5. The van der Waals surface area contributed by atoms with Gasteiger partial charge in [0.15, 0.2) is 0 Å². The molecule has 7 heteroatoms. The van der Waals surface area contributed by atoms with Gasteiger partial charge in [-0.15, -0.1) is 10.2 Å². The predicted molar refractivity (Wildman–Crippen MR) is 107 cm³/mol. The molecule has 0 bridgehead atoms. The van der Waals surface area contributed by atoms with E-state index in [1.165, 1.54) is 5.56 Å². The zero-order valence-corrected chi connectivity index (χ0v) is 16.1. The molecule has 5 nitrogen and oxygen atoms in total. The molecule has 2 aromatic heterocycles. The van der Waals surface area contributed by atoms with Crippen molar-refractivity contribution >= 4 is 39.1 Å². The van der Waals surface area contributed by atoms with Crippen molar-refractivity contribution in [3.63, 3.8) is 0 Å². The van der Waals surface area contributed by atoms with Gasteiger partial charge in [0.1, 0.15) is 10.8 Å². The fourth-order valence-corrected chi connectivity index (χ4v) is 3.82. The molecule has 0 N–H and O–H groups in total. The second-order valence-corrected chi connectivity index (χ2v) is 7.69. The van der Waals surface area contributed by atoms with Crippen LogP contribution in [0.1, 0.15) is 16.4 Å². The Labute approximate surface area is 160 Å². The molecule has 0 aliphatic carbocycles. The van der Waals surface area contributed by atoms with Gasteiger partial charge in [0.05, 0.1) is 17.6 Å². The van der Waals surface area contributed by atoms with E-state index in [-0.39, 0.29) is 0 Å². The molecule has 0 saturated heterocycles. The summed E-state index contributed by atoms with van der Waals surface area (Å²) in [5.41, 5.74) is 3.32. The SMILES string of the molecule is CN(Cc1nc2ccccc2n1C)c1nnc(Cc2ccc(Cl)cc2)s1. The molecule has 0 unspecified atom stereocenters. The van der Waals surface area contributed by atoms with Gasteiger partial charge in [-0.05, 0) is 29.8 Å². The zero-order valence-electron chi connectivity index (χ0n) is 14.6. The van der Waals surface area contributed by atoms with E-state index in [9.17, 15) is 0 Å². The molecule has 0 saturated carbocycles. The molecular weight excluding hydrogens is 366 g/mol. The standard InChI is InChI=1S/C19H18ClN5S/c1-24(12-17-21-15-5-3-4-6-16(15)25(17)2)19-23-22-18(26-19)11-13-7-9-14(20)10-8-13/h3-10H,11-12H2,1-2H3. The summed E-state index contributed by atoms with van der Waals surface area (Å²) in [4.78, 5) is 6.81. The van der Waals surface area contributed by atoms with Crippen LogP contribution >= 0.6 is 22.9 Å². The molecular formula is C19H18ClN5S. The molecule has 0 spiro atoms. The average molecular weight is 384 g/mol. The monoisotopic (exact) mass is 383 g/mol. The third kappa shape index (κ3) is 3.43. The van der Waals surface area contributed by atoms with Crippen LogP contribution in [-0.4, -0.2) is 26.8 Å². The number of para-hydroxylation sites is 2. The van der Waals surface area contributed by atoms with E-state index in [0.29, 0.717) is 6.54 Å². The molecule has 4 rings (SSSR count). The van der Waals surface area contributed by atoms with E-state index in [4.69, 9.17) is 16.6 Å². The van der Waals surface area contributed by atoms with Crippen LogP contribution in [0.3, 0.4) is 0 Å². The number of fused-ring (bicyclic) bond motifs is 1. The van der Waals surface area contributed by atoms with Gasteiger partial charge in [0.25, 0.3) is 0 Å². The normalized spacial score (nSPS) is 11.2. The first kappa shape index (κ1) is 17.0. The van der Waals surface area contributed by atoms with E-state index in [1.54, 1.807) is 11.3 Å². The first-order valence-electron chi connectivity index (χ1n) is 8.28. The maximum atomic E-state index is 5.94. The summed E-state index contributed by atoms with van der Waals surface area (Å²) in [6, 6.07) is 16.0. The van der Waals surface area contributed by atoms with Crippen molar-refractivity contribution in [2.75, 3.05) is 11.9 Å². The van der Waals surface area contributed by atoms with Crippen LogP contribution in [0, 0.1) is 0 Å². The number of halogens is 1. The lowest BCUT2D eigenvalue weighted by molar-refractivity contribution is 0.769. The van der Waals surface area contributed by atoms with Crippen LogP contribution in [0.5, 0.6) is 0 Å². The molecule has 0 atom stereocenters. The van der Waals surface area contributed by atoms with Gasteiger partial charge in [-0.1, -0.05) is 47.2 Å². The number of anilines is 1. The lowest BCUT2D eigenvalue weighted by atomic mass is 10.2. The molecule has 0 amide bonds. The van der Waals surface area contributed by atoms with Crippen molar-refractivity contribution < 1.29 is 0 Å². The maximum absolute atomic E-state index is 5.94. The molecule has 0 aliphatic rings. The van der Waals surface area contributed by atoms with Gasteiger partial charge in [-0.2, -0.15) is 0 Å². The van der Waals surface area contributed by atoms with E-state index in [2.05, 4.69) is 25.7 Å². The van der Waals surface area contributed by atoms with Crippen LogP contribution in [0.15, 0.2) is 48.5 Å². The Bertz CT molecular complexity index is 1040. The summed E-state index contributed by atoms with van der Waals surface area (Å²) in [5, 5.41) is 11.3. The van der Waals surface area contributed by atoms with E-state index >= 15 is 0 Å². The first-order valence-corrected chi connectivity index (χ1v) is 9.48. The van der Waals surface area contributed by atoms with Crippen LogP contribution in [-0.2, 0) is 20.0 Å². The summed E-state index contributed by atoms with van der Waals surface area (Å²) in [5.74, 6) is 1.00. The highest BCUT2D eigenvalue weighted by molar-refractivity contribution is 7.15. The third-order valence-corrected chi connectivity index (χ3v) is 5.60. The van der Waals surface area contributed by atoms with Crippen molar-refractivity contribution in [3.8, 4) is 0 Å². The Hall–Kier alpha value is -2.44. The topological polar surface area (TPSA) is 46.8 Å². The van der Waals surface area contributed by atoms with Crippen molar-refractivity contribution in [2.45, 2.75) is 13.0 Å². The summed E-state index contributed by atoms with van der Waals surface area (Å²) in [6.07, 6.45) is 0.759. The summed E-state index contributed by atoms with van der Waals surface area (Å²) >= 11 is 7.55. The van der Waals surface area contributed by atoms with Crippen LogP contribution in [0.2, 0.25) is 5.02 Å². The fourth-order valence-electron chi connectivity index (χ4n) is 2.86. The minimum absolute atomic E-state index is 0.681. The molecule has 132 valence electrons. The van der Waals surface area contributed by atoms with Gasteiger partial charge in [0, 0.05) is 25.5 Å².